The van der Waals surface area contributed by atoms with Gasteiger partial charge in [0.15, 0.2) is 5.58 Å². The van der Waals surface area contributed by atoms with E-state index in [0.29, 0.717) is 22.9 Å². The van der Waals surface area contributed by atoms with E-state index in [1.807, 2.05) is 51.1 Å². The molecule has 0 saturated heterocycles. The van der Waals surface area contributed by atoms with Crippen molar-refractivity contribution in [2.75, 3.05) is 12.4 Å². The molecule has 0 radical (unpaired) electrons. The van der Waals surface area contributed by atoms with Gasteiger partial charge in [-0.05, 0) is 73.9 Å². The number of oxazole rings is 1. The lowest BCUT2D eigenvalue weighted by Crippen LogP contribution is -2.14. The number of ether oxygens (including phenoxy) is 1. The number of rotatable bonds is 4. The third-order valence-corrected chi connectivity index (χ3v) is 5.45. The first kappa shape index (κ1) is 20.2. The predicted octanol–water partition coefficient (Wildman–Crippen LogP) is 6.44. The number of anilines is 1. The largest absolute Gasteiger partial charge is 0.496 e. The molecule has 0 bridgehead atoms. The molecule has 5 nitrogen and oxygen atoms in total. The topological polar surface area (TPSA) is 64.4 Å². The van der Waals surface area contributed by atoms with Crippen molar-refractivity contribution >= 4 is 38.6 Å². The molecule has 3 aromatic carbocycles. The molecule has 0 spiro atoms. The molecule has 0 aliphatic rings. The molecule has 1 N–H and O–H groups in total. The summed E-state index contributed by atoms with van der Waals surface area (Å²) in [7, 11) is 1.54. The minimum Gasteiger partial charge on any atom is -0.496 e. The fourth-order valence-electron chi connectivity index (χ4n) is 3.44. The molecule has 0 fully saturated rings. The van der Waals surface area contributed by atoms with Gasteiger partial charge in [-0.3, -0.25) is 4.79 Å². The Hall–Kier alpha value is -3.12. The van der Waals surface area contributed by atoms with Crippen molar-refractivity contribution in [3.05, 3.63) is 75.3 Å². The number of methoxy groups -OCH3 is 1. The SMILES string of the molecule is COc1ccc(Br)cc1C(=O)Nc1cc(-c2nc3cc(C)cc(C)c3o2)ccc1C. The zero-order chi connectivity index (χ0) is 21.4. The first-order valence-corrected chi connectivity index (χ1v) is 10.3. The number of hydrogen-bond donors (Lipinski definition) is 1. The predicted molar refractivity (Wildman–Crippen MR) is 122 cm³/mol. The Morgan fingerprint density at radius 2 is 1.83 bits per heavy atom. The van der Waals surface area contributed by atoms with Crippen molar-refractivity contribution in [1.82, 2.24) is 4.98 Å². The van der Waals surface area contributed by atoms with Crippen LogP contribution in [-0.4, -0.2) is 18.0 Å². The second-order valence-corrected chi connectivity index (χ2v) is 8.19. The van der Waals surface area contributed by atoms with Gasteiger partial charge in [-0.25, -0.2) is 4.98 Å². The van der Waals surface area contributed by atoms with E-state index in [4.69, 9.17) is 9.15 Å². The van der Waals surface area contributed by atoms with Crippen LogP contribution in [0.5, 0.6) is 5.75 Å². The van der Waals surface area contributed by atoms with E-state index >= 15 is 0 Å². The summed E-state index contributed by atoms with van der Waals surface area (Å²) in [6.07, 6.45) is 0. The molecule has 0 saturated carbocycles. The number of hydrogen-bond acceptors (Lipinski definition) is 4. The lowest BCUT2D eigenvalue weighted by molar-refractivity contribution is 0.102. The van der Waals surface area contributed by atoms with Gasteiger partial charge in [-0.2, -0.15) is 0 Å². The molecule has 1 amide bonds. The molecular weight excluding hydrogens is 444 g/mol. The molecule has 0 aliphatic heterocycles. The average Bonchev–Trinajstić information content (AvgIpc) is 3.14. The Bertz CT molecular complexity index is 1280. The van der Waals surface area contributed by atoms with Crippen molar-refractivity contribution in [2.45, 2.75) is 20.8 Å². The summed E-state index contributed by atoms with van der Waals surface area (Å²) in [6, 6.07) is 15.2. The van der Waals surface area contributed by atoms with Crippen LogP contribution in [0.4, 0.5) is 5.69 Å². The van der Waals surface area contributed by atoms with Crippen molar-refractivity contribution < 1.29 is 13.9 Å². The first-order chi connectivity index (χ1) is 14.4. The van der Waals surface area contributed by atoms with Crippen molar-refractivity contribution in [2.24, 2.45) is 0 Å². The number of nitrogens with one attached hydrogen (secondary N) is 1. The fraction of sp³-hybridized carbons (Fsp3) is 0.167. The summed E-state index contributed by atoms with van der Waals surface area (Å²) in [4.78, 5) is 17.6. The smallest absolute Gasteiger partial charge is 0.259 e. The van der Waals surface area contributed by atoms with E-state index in [-0.39, 0.29) is 5.91 Å². The van der Waals surface area contributed by atoms with Crippen LogP contribution in [0.2, 0.25) is 0 Å². The summed E-state index contributed by atoms with van der Waals surface area (Å²) in [5.74, 6) is 0.779. The number of aryl methyl sites for hydroxylation is 3. The number of amides is 1. The maximum absolute atomic E-state index is 12.9. The fourth-order valence-corrected chi connectivity index (χ4v) is 3.80. The third kappa shape index (κ3) is 3.83. The second kappa shape index (κ2) is 7.95. The van der Waals surface area contributed by atoms with Crippen LogP contribution >= 0.6 is 15.9 Å². The zero-order valence-corrected chi connectivity index (χ0v) is 18.8. The van der Waals surface area contributed by atoms with Gasteiger partial charge in [-0.15, -0.1) is 0 Å². The normalized spacial score (nSPS) is 11.0. The van der Waals surface area contributed by atoms with E-state index < -0.39 is 0 Å². The van der Waals surface area contributed by atoms with Gasteiger partial charge in [0.25, 0.3) is 5.91 Å². The van der Waals surface area contributed by atoms with Gasteiger partial charge in [0.2, 0.25) is 5.89 Å². The maximum atomic E-state index is 12.9. The maximum Gasteiger partial charge on any atom is 0.259 e. The Balaban J connectivity index is 1.70. The lowest BCUT2D eigenvalue weighted by atomic mass is 10.1. The summed E-state index contributed by atoms with van der Waals surface area (Å²) in [6.45, 7) is 5.99. The average molecular weight is 465 g/mol. The molecule has 0 atom stereocenters. The Kier molecular flexibility index (Phi) is 5.35. The number of fused-ring (bicyclic) bond motifs is 1. The third-order valence-electron chi connectivity index (χ3n) is 4.96. The number of benzene rings is 3. The van der Waals surface area contributed by atoms with Crippen LogP contribution < -0.4 is 10.1 Å². The van der Waals surface area contributed by atoms with Crippen molar-refractivity contribution in [3.8, 4) is 17.2 Å². The Labute approximate surface area is 183 Å². The molecular formula is C24H21BrN2O3. The molecule has 1 aromatic heterocycles. The first-order valence-electron chi connectivity index (χ1n) is 9.49. The van der Waals surface area contributed by atoms with Crippen LogP contribution in [0.25, 0.3) is 22.6 Å². The van der Waals surface area contributed by atoms with Crippen LogP contribution in [0.3, 0.4) is 0 Å². The van der Waals surface area contributed by atoms with E-state index in [0.717, 1.165) is 37.8 Å². The summed E-state index contributed by atoms with van der Waals surface area (Å²) < 4.78 is 12.2. The standard InChI is InChI=1S/C24H21BrN2O3/c1-13-9-15(3)22-20(10-13)27-24(30-22)16-6-5-14(2)19(11-16)26-23(28)18-12-17(25)7-8-21(18)29-4/h5-12H,1-4H3,(H,26,28). The van der Waals surface area contributed by atoms with Gasteiger partial charge in [0, 0.05) is 15.7 Å². The monoisotopic (exact) mass is 464 g/mol. The number of carbonyl (C=O) groups is 1. The molecule has 6 heteroatoms. The highest BCUT2D eigenvalue weighted by Gasteiger charge is 2.16. The highest BCUT2D eigenvalue weighted by atomic mass is 79.9. The Morgan fingerprint density at radius 3 is 2.60 bits per heavy atom. The summed E-state index contributed by atoms with van der Waals surface area (Å²) >= 11 is 3.41. The van der Waals surface area contributed by atoms with Gasteiger partial charge < -0.3 is 14.5 Å². The number of nitrogens with zero attached hydrogens (tertiary/aromatic N) is 1. The summed E-state index contributed by atoms with van der Waals surface area (Å²) in [5.41, 5.74) is 6.66. The number of aromatic nitrogens is 1. The van der Waals surface area contributed by atoms with Crippen molar-refractivity contribution in [1.29, 1.82) is 0 Å². The molecule has 4 rings (SSSR count). The van der Waals surface area contributed by atoms with E-state index in [1.165, 1.54) is 0 Å². The van der Waals surface area contributed by atoms with Crippen LogP contribution in [0.1, 0.15) is 27.0 Å². The van der Waals surface area contributed by atoms with E-state index in [1.54, 1.807) is 19.2 Å². The van der Waals surface area contributed by atoms with Gasteiger partial charge in [-0.1, -0.05) is 28.1 Å². The number of carbonyl (C=O) groups excluding carboxylic acids is 1. The zero-order valence-electron chi connectivity index (χ0n) is 17.2. The highest BCUT2D eigenvalue weighted by Crippen LogP contribution is 2.31. The Morgan fingerprint density at radius 1 is 1.03 bits per heavy atom. The van der Waals surface area contributed by atoms with Gasteiger partial charge in [0.05, 0.1) is 12.7 Å². The molecule has 152 valence electrons. The van der Waals surface area contributed by atoms with E-state index in [9.17, 15) is 4.79 Å². The second-order valence-electron chi connectivity index (χ2n) is 7.28. The van der Waals surface area contributed by atoms with Crippen LogP contribution in [0, 0.1) is 20.8 Å². The molecule has 4 aromatic rings. The molecule has 30 heavy (non-hydrogen) atoms. The van der Waals surface area contributed by atoms with Gasteiger partial charge >= 0.3 is 0 Å². The number of halogens is 1. The highest BCUT2D eigenvalue weighted by molar-refractivity contribution is 9.10. The molecule has 1 heterocycles. The quantitative estimate of drug-likeness (QED) is 0.377. The summed E-state index contributed by atoms with van der Waals surface area (Å²) in [5, 5.41) is 2.98. The minimum absolute atomic E-state index is 0.252. The van der Waals surface area contributed by atoms with Crippen LogP contribution in [0.15, 0.2) is 57.4 Å². The molecule has 0 unspecified atom stereocenters. The van der Waals surface area contributed by atoms with Gasteiger partial charge in [0.1, 0.15) is 11.3 Å². The minimum atomic E-state index is -0.252. The lowest BCUT2D eigenvalue weighted by Gasteiger charge is -2.12. The molecule has 0 aliphatic carbocycles. The van der Waals surface area contributed by atoms with Crippen LogP contribution in [-0.2, 0) is 0 Å². The van der Waals surface area contributed by atoms with Crippen molar-refractivity contribution in [3.63, 3.8) is 0 Å². The van der Waals surface area contributed by atoms with E-state index in [2.05, 4.69) is 32.3 Å².